The van der Waals surface area contributed by atoms with Gasteiger partial charge >= 0.3 is 0 Å². The quantitative estimate of drug-likeness (QED) is 0.772. The largest absolute Gasteiger partial charge is 0.372 e. The molecular weight excluding hydrogens is 172 g/mol. The average molecular weight is 190 g/mol. The van der Waals surface area contributed by atoms with E-state index in [1.54, 1.807) is 0 Å². The van der Waals surface area contributed by atoms with Crippen LogP contribution in [-0.2, 0) is 13.0 Å². The van der Waals surface area contributed by atoms with Gasteiger partial charge in [-0.1, -0.05) is 12.1 Å². The summed E-state index contributed by atoms with van der Waals surface area (Å²) >= 11 is 0. The minimum atomic E-state index is 0.644. The number of hydrogen-bond donors (Lipinski definition) is 1. The van der Waals surface area contributed by atoms with Crippen molar-refractivity contribution in [1.82, 2.24) is 0 Å². The molecule has 0 aliphatic carbocycles. The molecule has 0 fully saturated rings. The molecule has 2 N–H and O–H groups in total. The second kappa shape index (κ2) is 4.01. The third-order valence-electron chi connectivity index (χ3n) is 2.98. The van der Waals surface area contributed by atoms with Gasteiger partial charge in [0.05, 0.1) is 0 Å². The maximum absolute atomic E-state index is 5.65. The first kappa shape index (κ1) is 9.53. The van der Waals surface area contributed by atoms with Gasteiger partial charge in [-0.05, 0) is 37.0 Å². The second-order valence-electron chi connectivity index (χ2n) is 3.85. The fourth-order valence-corrected chi connectivity index (χ4v) is 2.15. The molecule has 76 valence electrons. The molecule has 1 heterocycles. The van der Waals surface area contributed by atoms with Gasteiger partial charge in [-0.15, -0.1) is 0 Å². The standard InChI is InChI=1S/C12H18N2/c1-2-14-7-3-4-11-6-5-10(9-13)8-12(11)14/h5-6,8H,2-4,7,9,13H2,1H3. The Kier molecular flexibility index (Phi) is 2.73. The maximum Gasteiger partial charge on any atom is 0.0401 e. The van der Waals surface area contributed by atoms with E-state index in [9.17, 15) is 0 Å². The Bertz CT molecular complexity index is 320. The summed E-state index contributed by atoms with van der Waals surface area (Å²) in [6.45, 7) is 5.15. The summed E-state index contributed by atoms with van der Waals surface area (Å²) in [5.74, 6) is 0. The third kappa shape index (κ3) is 1.62. The van der Waals surface area contributed by atoms with Crippen molar-refractivity contribution in [2.24, 2.45) is 5.73 Å². The molecule has 0 amide bonds. The lowest BCUT2D eigenvalue weighted by molar-refractivity contribution is 0.706. The minimum Gasteiger partial charge on any atom is -0.372 e. The van der Waals surface area contributed by atoms with Crippen LogP contribution in [-0.4, -0.2) is 13.1 Å². The van der Waals surface area contributed by atoms with E-state index in [0.29, 0.717) is 6.54 Å². The highest BCUT2D eigenvalue weighted by Gasteiger charge is 2.14. The molecule has 2 nitrogen and oxygen atoms in total. The minimum absolute atomic E-state index is 0.644. The predicted octanol–water partition coefficient (Wildman–Crippen LogP) is 1.92. The number of hydrogen-bond acceptors (Lipinski definition) is 2. The summed E-state index contributed by atoms with van der Waals surface area (Å²) in [5, 5.41) is 0. The molecule has 0 saturated heterocycles. The first-order chi connectivity index (χ1) is 6.85. The molecule has 0 bridgehead atoms. The molecule has 2 rings (SSSR count). The number of anilines is 1. The Morgan fingerprint density at radius 1 is 1.43 bits per heavy atom. The van der Waals surface area contributed by atoms with Gasteiger partial charge in [0.1, 0.15) is 0 Å². The highest BCUT2D eigenvalue weighted by atomic mass is 15.1. The van der Waals surface area contributed by atoms with Crippen LogP contribution in [0.2, 0.25) is 0 Å². The SMILES string of the molecule is CCN1CCCc2ccc(CN)cc21. The summed E-state index contributed by atoms with van der Waals surface area (Å²) in [6, 6.07) is 6.63. The Labute approximate surface area is 85.7 Å². The van der Waals surface area contributed by atoms with Crippen molar-refractivity contribution in [2.75, 3.05) is 18.0 Å². The highest BCUT2D eigenvalue weighted by Crippen LogP contribution is 2.27. The lowest BCUT2D eigenvalue weighted by Gasteiger charge is -2.30. The number of nitrogens with two attached hydrogens (primary N) is 1. The number of fused-ring (bicyclic) bond motifs is 1. The van der Waals surface area contributed by atoms with Crippen molar-refractivity contribution in [3.05, 3.63) is 29.3 Å². The van der Waals surface area contributed by atoms with Gasteiger partial charge < -0.3 is 10.6 Å². The molecular formula is C12H18N2. The Morgan fingerprint density at radius 2 is 2.29 bits per heavy atom. The summed E-state index contributed by atoms with van der Waals surface area (Å²) in [5.41, 5.74) is 9.78. The van der Waals surface area contributed by atoms with Crippen molar-refractivity contribution in [3.63, 3.8) is 0 Å². The van der Waals surface area contributed by atoms with E-state index < -0.39 is 0 Å². The van der Waals surface area contributed by atoms with Gasteiger partial charge in [0, 0.05) is 25.3 Å². The van der Waals surface area contributed by atoms with E-state index in [1.165, 1.54) is 36.2 Å². The van der Waals surface area contributed by atoms with Gasteiger partial charge in [0.25, 0.3) is 0 Å². The molecule has 0 aromatic heterocycles. The van der Waals surface area contributed by atoms with Gasteiger partial charge in [0.15, 0.2) is 0 Å². The summed E-state index contributed by atoms with van der Waals surface area (Å²) in [4.78, 5) is 2.44. The number of benzene rings is 1. The maximum atomic E-state index is 5.65. The smallest absolute Gasteiger partial charge is 0.0401 e. The van der Waals surface area contributed by atoms with Crippen LogP contribution in [0, 0.1) is 0 Å². The molecule has 1 aliphatic rings. The molecule has 1 aliphatic heterocycles. The van der Waals surface area contributed by atoms with E-state index in [4.69, 9.17) is 5.73 Å². The molecule has 0 atom stereocenters. The number of nitrogens with zero attached hydrogens (tertiary/aromatic N) is 1. The molecule has 1 aromatic carbocycles. The van der Waals surface area contributed by atoms with Gasteiger partial charge in [-0.25, -0.2) is 0 Å². The van der Waals surface area contributed by atoms with Crippen LogP contribution in [0.4, 0.5) is 5.69 Å². The van der Waals surface area contributed by atoms with Gasteiger partial charge in [-0.2, -0.15) is 0 Å². The lowest BCUT2D eigenvalue weighted by atomic mass is 9.99. The summed E-state index contributed by atoms with van der Waals surface area (Å²) in [7, 11) is 0. The average Bonchev–Trinajstić information content (AvgIpc) is 2.27. The van der Waals surface area contributed by atoms with Crippen LogP contribution in [0.1, 0.15) is 24.5 Å². The summed E-state index contributed by atoms with van der Waals surface area (Å²) < 4.78 is 0. The first-order valence-corrected chi connectivity index (χ1v) is 5.42. The lowest BCUT2D eigenvalue weighted by Crippen LogP contribution is -2.29. The molecule has 0 saturated carbocycles. The van der Waals surface area contributed by atoms with Crippen LogP contribution in [0.15, 0.2) is 18.2 Å². The van der Waals surface area contributed by atoms with Gasteiger partial charge in [0.2, 0.25) is 0 Å². The Hall–Kier alpha value is -1.02. The predicted molar refractivity (Wildman–Crippen MR) is 60.5 cm³/mol. The Morgan fingerprint density at radius 3 is 3.00 bits per heavy atom. The zero-order valence-corrected chi connectivity index (χ0v) is 8.79. The fourth-order valence-electron chi connectivity index (χ4n) is 2.15. The van der Waals surface area contributed by atoms with Crippen LogP contribution in [0.3, 0.4) is 0 Å². The van der Waals surface area contributed by atoms with Crippen LogP contribution in [0.25, 0.3) is 0 Å². The normalized spacial score (nSPS) is 15.4. The monoisotopic (exact) mass is 190 g/mol. The van der Waals surface area contributed by atoms with Crippen molar-refractivity contribution in [1.29, 1.82) is 0 Å². The van der Waals surface area contributed by atoms with E-state index in [1.807, 2.05) is 0 Å². The van der Waals surface area contributed by atoms with Gasteiger partial charge in [-0.3, -0.25) is 0 Å². The van der Waals surface area contributed by atoms with E-state index in [-0.39, 0.29) is 0 Å². The third-order valence-corrected chi connectivity index (χ3v) is 2.98. The van der Waals surface area contributed by atoms with Crippen molar-refractivity contribution >= 4 is 5.69 Å². The molecule has 2 heteroatoms. The van der Waals surface area contributed by atoms with E-state index in [2.05, 4.69) is 30.0 Å². The number of aryl methyl sites for hydroxylation is 1. The highest BCUT2D eigenvalue weighted by molar-refractivity contribution is 5.57. The van der Waals surface area contributed by atoms with Crippen molar-refractivity contribution < 1.29 is 0 Å². The van der Waals surface area contributed by atoms with E-state index >= 15 is 0 Å². The molecule has 0 radical (unpaired) electrons. The van der Waals surface area contributed by atoms with Crippen molar-refractivity contribution in [2.45, 2.75) is 26.3 Å². The number of rotatable bonds is 2. The zero-order chi connectivity index (χ0) is 9.97. The molecule has 0 spiro atoms. The molecule has 0 unspecified atom stereocenters. The molecule has 1 aromatic rings. The molecule has 14 heavy (non-hydrogen) atoms. The zero-order valence-electron chi connectivity index (χ0n) is 8.79. The van der Waals surface area contributed by atoms with Crippen LogP contribution < -0.4 is 10.6 Å². The van der Waals surface area contributed by atoms with E-state index in [0.717, 1.165) is 6.54 Å². The van der Waals surface area contributed by atoms with Crippen molar-refractivity contribution in [3.8, 4) is 0 Å². The second-order valence-corrected chi connectivity index (χ2v) is 3.85. The Balaban J connectivity index is 2.38. The first-order valence-electron chi connectivity index (χ1n) is 5.42. The van der Waals surface area contributed by atoms with Crippen LogP contribution >= 0.6 is 0 Å². The summed E-state index contributed by atoms with van der Waals surface area (Å²) in [6.07, 6.45) is 2.50. The topological polar surface area (TPSA) is 29.3 Å². The van der Waals surface area contributed by atoms with Crippen LogP contribution in [0.5, 0.6) is 0 Å². The fraction of sp³-hybridized carbons (Fsp3) is 0.500.